The van der Waals surface area contributed by atoms with Crippen LogP contribution >= 0.6 is 11.6 Å². The molecule has 0 radical (unpaired) electrons. The van der Waals surface area contributed by atoms with Crippen LogP contribution in [0.3, 0.4) is 0 Å². The van der Waals surface area contributed by atoms with Crippen LogP contribution in [0.4, 0.5) is 5.95 Å². The van der Waals surface area contributed by atoms with E-state index < -0.39 is 0 Å². The average molecular weight is 452 g/mol. The summed E-state index contributed by atoms with van der Waals surface area (Å²) in [5, 5.41) is 9.83. The van der Waals surface area contributed by atoms with E-state index in [2.05, 4.69) is 38.9 Å². The van der Waals surface area contributed by atoms with Gasteiger partial charge in [0.15, 0.2) is 0 Å². The van der Waals surface area contributed by atoms with Crippen LogP contribution < -0.4 is 10.6 Å². The van der Waals surface area contributed by atoms with E-state index in [1.54, 1.807) is 6.08 Å². The Kier molecular flexibility index (Phi) is 6.70. The Morgan fingerprint density at radius 1 is 1.22 bits per heavy atom. The van der Waals surface area contributed by atoms with Gasteiger partial charge in [-0.05, 0) is 43.2 Å². The van der Waals surface area contributed by atoms with Crippen LogP contribution in [0.5, 0.6) is 0 Å². The molecule has 0 bridgehead atoms. The highest BCUT2D eigenvalue weighted by molar-refractivity contribution is 6.30. The second kappa shape index (κ2) is 9.65. The summed E-state index contributed by atoms with van der Waals surface area (Å²) in [5.41, 5.74) is 8.98. The molecule has 32 heavy (non-hydrogen) atoms. The van der Waals surface area contributed by atoms with Crippen molar-refractivity contribution in [1.82, 2.24) is 14.8 Å². The van der Waals surface area contributed by atoms with Crippen molar-refractivity contribution in [2.75, 3.05) is 18.0 Å². The smallest absolute Gasteiger partial charge is 0.231 e. The minimum absolute atomic E-state index is 0.106. The number of allylic oxidation sites excluding steroid dienone is 6. The summed E-state index contributed by atoms with van der Waals surface area (Å²) in [5.74, 6) is 2.79. The number of halogens is 1. The fraction of sp³-hybridized carbons (Fsp3) is 0.360. The van der Waals surface area contributed by atoms with Crippen molar-refractivity contribution in [3.63, 3.8) is 0 Å². The Morgan fingerprint density at radius 3 is 2.72 bits per heavy atom. The average Bonchev–Trinajstić information content (AvgIpc) is 3.10. The molecule has 1 atom stereocenters. The molecule has 2 N–H and O–H groups in total. The van der Waals surface area contributed by atoms with E-state index in [0.29, 0.717) is 17.1 Å². The second-order valence-electron chi connectivity index (χ2n) is 8.41. The van der Waals surface area contributed by atoms with Crippen LogP contribution in [0.1, 0.15) is 31.2 Å². The Hall–Kier alpha value is -2.99. The van der Waals surface area contributed by atoms with E-state index in [-0.39, 0.29) is 12.0 Å². The van der Waals surface area contributed by atoms with Gasteiger partial charge in [-0.25, -0.2) is 0 Å². The molecule has 0 aliphatic carbocycles. The minimum atomic E-state index is 0.106. The van der Waals surface area contributed by atoms with Crippen molar-refractivity contribution >= 4 is 17.5 Å². The summed E-state index contributed by atoms with van der Waals surface area (Å²) in [6.45, 7) is 11.4. The zero-order chi connectivity index (χ0) is 22.7. The second-order valence-corrected chi connectivity index (χ2v) is 8.84. The molecule has 1 fully saturated rings. The fourth-order valence-electron chi connectivity index (χ4n) is 4.39. The molecule has 0 spiro atoms. The lowest BCUT2D eigenvalue weighted by atomic mass is 9.94. The van der Waals surface area contributed by atoms with Gasteiger partial charge in [0, 0.05) is 49.0 Å². The summed E-state index contributed by atoms with van der Waals surface area (Å²) >= 11 is 6.31. The first-order valence-electron chi connectivity index (χ1n) is 11.0. The molecule has 2 aliphatic heterocycles. The van der Waals surface area contributed by atoms with Crippen molar-refractivity contribution in [3.05, 3.63) is 83.5 Å². The largest absolute Gasteiger partial charge is 0.495 e. The van der Waals surface area contributed by atoms with Gasteiger partial charge in [0.25, 0.3) is 0 Å². The summed E-state index contributed by atoms with van der Waals surface area (Å²) in [6.07, 6.45) is 11.1. The molecular weight excluding hydrogens is 422 g/mol. The molecule has 3 heterocycles. The number of anilines is 1. The summed E-state index contributed by atoms with van der Waals surface area (Å²) in [6, 6.07) is 5.99. The Bertz CT molecular complexity index is 1060. The van der Waals surface area contributed by atoms with E-state index in [1.807, 2.05) is 37.3 Å². The molecule has 7 heteroatoms. The van der Waals surface area contributed by atoms with Crippen molar-refractivity contribution in [3.8, 4) is 5.69 Å². The van der Waals surface area contributed by atoms with E-state index in [9.17, 15) is 0 Å². The van der Waals surface area contributed by atoms with Gasteiger partial charge in [-0.3, -0.25) is 4.57 Å². The van der Waals surface area contributed by atoms with Gasteiger partial charge in [-0.2, -0.15) is 0 Å². The lowest BCUT2D eigenvalue weighted by molar-refractivity contribution is 0.0948. The number of fused-ring (bicyclic) bond motifs is 3. The number of ether oxygens (including phenoxy) is 1. The molecular formula is C25H30ClN5O. The van der Waals surface area contributed by atoms with Crippen molar-refractivity contribution in [2.45, 2.75) is 38.7 Å². The molecule has 0 saturated carbocycles. The van der Waals surface area contributed by atoms with Crippen LogP contribution in [-0.4, -0.2) is 34.0 Å². The highest BCUT2D eigenvalue weighted by atomic mass is 35.5. The number of piperidine rings is 1. The van der Waals surface area contributed by atoms with Crippen LogP contribution in [-0.2, 0) is 17.6 Å². The van der Waals surface area contributed by atoms with E-state index in [4.69, 9.17) is 22.1 Å². The maximum Gasteiger partial charge on any atom is 0.231 e. The molecule has 1 aromatic carbocycles. The minimum Gasteiger partial charge on any atom is -0.495 e. The van der Waals surface area contributed by atoms with Gasteiger partial charge >= 0.3 is 0 Å². The fourth-order valence-corrected chi connectivity index (χ4v) is 4.59. The monoisotopic (exact) mass is 451 g/mol. The molecule has 2 aliphatic rings. The Balaban J connectivity index is 1.55. The molecule has 1 unspecified atom stereocenters. The van der Waals surface area contributed by atoms with Gasteiger partial charge in [0.1, 0.15) is 11.9 Å². The molecule has 168 valence electrons. The number of hydrogen-bond acceptors (Lipinski definition) is 5. The SMILES string of the molecule is C=C/C=C\C=C(/C)OC1CCN(c2nnc3n2-c2ccc(Cl)cc2CC(C(=C)N)C3)CC1. The third-order valence-electron chi connectivity index (χ3n) is 6.07. The number of benzene rings is 1. The lowest BCUT2D eigenvalue weighted by Gasteiger charge is -2.33. The molecule has 1 aromatic heterocycles. The van der Waals surface area contributed by atoms with E-state index in [0.717, 1.165) is 61.1 Å². The molecule has 0 amide bonds. The topological polar surface area (TPSA) is 69.2 Å². The lowest BCUT2D eigenvalue weighted by Crippen LogP contribution is -2.38. The maximum absolute atomic E-state index is 6.31. The zero-order valence-electron chi connectivity index (χ0n) is 18.5. The standard InChI is InChI=1S/C25H30ClN5O/c1-4-5-6-7-17(2)32-22-10-12-30(13-11-22)25-29-28-24-16-19(18(3)27)14-20-15-21(26)8-9-23(20)31(24)25/h4-9,15,19,22H,1,3,10-14,16,27H2,2H3/b6-5-,17-7+. The van der Waals surface area contributed by atoms with Gasteiger partial charge in [-0.15, -0.1) is 10.2 Å². The van der Waals surface area contributed by atoms with Crippen molar-refractivity contribution in [2.24, 2.45) is 11.7 Å². The number of rotatable bonds is 6. The van der Waals surface area contributed by atoms with Crippen LogP contribution in [0, 0.1) is 5.92 Å². The van der Waals surface area contributed by atoms with Crippen LogP contribution in [0.2, 0.25) is 5.02 Å². The van der Waals surface area contributed by atoms with Crippen molar-refractivity contribution < 1.29 is 4.74 Å². The van der Waals surface area contributed by atoms with Gasteiger partial charge in [0.05, 0.1) is 11.4 Å². The van der Waals surface area contributed by atoms with Gasteiger partial charge in [0.2, 0.25) is 5.95 Å². The predicted octanol–water partition coefficient (Wildman–Crippen LogP) is 4.74. The number of hydrogen-bond donors (Lipinski definition) is 1. The van der Waals surface area contributed by atoms with Gasteiger partial charge < -0.3 is 15.4 Å². The quantitative estimate of drug-likeness (QED) is 0.507. The normalized spacial score (nSPS) is 19.4. The molecule has 4 rings (SSSR count). The molecule has 2 aromatic rings. The highest BCUT2D eigenvalue weighted by Gasteiger charge is 2.30. The summed E-state index contributed by atoms with van der Waals surface area (Å²) in [7, 11) is 0. The van der Waals surface area contributed by atoms with Crippen molar-refractivity contribution in [1.29, 1.82) is 0 Å². The number of nitrogens with zero attached hydrogens (tertiary/aromatic N) is 4. The Morgan fingerprint density at radius 2 is 2.00 bits per heavy atom. The predicted molar refractivity (Wildman–Crippen MR) is 130 cm³/mol. The van der Waals surface area contributed by atoms with Crippen LogP contribution in [0.25, 0.3) is 5.69 Å². The van der Waals surface area contributed by atoms with E-state index in [1.165, 1.54) is 0 Å². The Labute approximate surface area is 194 Å². The van der Waals surface area contributed by atoms with Crippen LogP contribution in [0.15, 0.2) is 67.1 Å². The summed E-state index contributed by atoms with van der Waals surface area (Å²) in [4.78, 5) is 2.29. The maximum atomic E-state index is 6.31. The first-order chi connectivity index (χ1) is 15.5. The number of aromatic nitrogens is 3. The number of nitrogens with two attached hydrogens (primary N) is 1. The first-order valence-corrected chi connectivity index (χ1v) is 11.4. The third kappa shape index (κ3) is 4.75. The highest BCUT2D eigenvalue weighted by Crippen LogP contribution is 2.34. The third-order valence-corrected chi connectivity index (χ3v) is 6.31. The summed E-state index contributed by atoms with van der Waals surface area (Å²) < 4.78 is 8.28. The van der Waals surface area contributed by atoms with Gasteiger partial charge in [-0.1, -0.05) is 43.0 Å². The molecule has 1 saturated heterocycles. The van der Waals surface area contributed by atoms with E-state index >= 15 is 0 Å². The zero-order valence-corrected chi connectivity index (χ0v) is 19.3. The first kappa shape index (κ1) is 22.2. The molecule has 6 nitrogen and oxygen atoms in total.